The number of amides is 1. The number of carbonyl (C=O) groups is 1. The van der Waals surface area contributed by atoms with Gasteiger partial charge in [-0.25, -0.2) is 4.39 Å². The second-order valence-corrected chi connectivity index (χ2v) is 5.42. The van der Waals surface area contributed by atoms with Crippen LogP contribution in [0.25, 0.3) is 0 Å². The van der Waals surface area contributed by atoms with Crippen molar-refractivity contribution < 1.29 is 18.7 Å². The van der Waals surface area contributed by atoms with Gasteiger partial charge in [-0.15, -0.1) is 0 Å². The van der Waals surface area contributed by atoms with E-state index in [9.17, 15) is 9.18 Å². The molecule has 5 heteroatoms. The molecule has 0 aliphatic carbocycles. The summed E-state index contributed by atoms with van der Waals surface area (Å²) in [4.78, 5) is 12.1. The van der Waals surface area contributed by atoms with Gasteiger partial charge < -0.3 is 14.8 Å². The second-order valence-electron chi connectivity index (χ2n) is 5.42. The maximum atomic E-state index is 12.9. The average Bonchev–Trinajstić information content (AvgIpc) is 2.59. The summed E-state index contributed by atoms with van der Waals surface area (Å²) in [6, 6.07) is 13.3. The van der Waals surface area contributed by atoms with Gasteiger partial charge in [0, 0.05) is 0 Å². The van der Waals surface area contributed by atoms with E-state index in [0.29, 0.717) is 25.3 Å². The summed E-state index contributed by atoms with van der Waals surface area (Å²) in [7, 11) is 0. The zero-order chi connectivity index (χ0) is 17.4. The third-order valence-electron chi connectivity index (χ3n) is 3.45. The molecule has 128 valence electrons. The molecule has 0 aliphatic heterocycles. The number of carbonyl (C=O) groups excluding carboxylic acids is 1. The normalized spacial score (nSPS) is 11.6. The zero-order valence-electron chi connectivity index (χ0n) is 13.9. The van der Waals surface area contributed by atoms with E-state index in [-0.39, 0.29) is 11.7 Å². The van der Waals surface area contributed by atoms with Crippen molar-refractivity contribution >= 4 is 5.91 Å². The van der Waals surface area contributed by atoms with Crippen LogP contribution in [0.2, 0.25) is 0 Å². The van der Waals surface area contributed by atoms with Crippen LogP contribution in [0.5, 0.6) is 11.5 Å². The molecule has 0 bridgehead atoms. The molecule has 0 saturated carbocycles. The quantitative estimate of drug-likeness (QED) is 0.753. The highest BCUT2D eigenvalue weighted by Crippen LogP contribution is 2.14. The van der Waals surface area contributed by atoms with E-state index in [1.165, 1.54) is 29.8 Å². The molecule has 2 aromatic carbocycles. The summed E-state index contributed by atoms with van der Waals surface area (Å²) in [6.45, 7) is 4.63. The lowest BCUT2D eigenvalue weighted by Gasteiger charge is -2.17. The lowest BCUT2D eigenvalue weighted by molar-refractivity contribution is -0.128. The first-order valence-electron chi connectivity index (χ1n) is 7.98. The largest absolute Gasteiger partial charge is 0.492 e. The summed E-state index contributed by atoms with van der Waals surface area (Å²) in [5.74, 6) is 0.682. The SMILES string of the molecule is CC[C@H](Oc1ccc(F)cc1)C(=O)NCCOc1ccc(C)cc1. The summed E-state index contributed by atoms with van der Waals surface area (Å²) in [5, 5.41) is 2.78. The number of benzene rings is 2. The predicted octanol–water partition coefficient (Wildman–Crippen LogP) is 3.49. The number of aryl methyl sites for hydroxylation is 1. The van der Waals surface area contributed by atoms with E-state index in [1.54, 1.807) is 0 Å². The maximum absolute atomic E-state index is 12.9. The minimum atomic E-state index is -0.616. The Bertz CT molecular complexity index is 641. The van der Waals surface area contributed by atoms with Crippen LogP contribution in [0.1, 0.15) is 18.9 Å². The van der Waals surface area contributed by atoms with Gasteiger partial charge in [-0.1, -0.05) is 24.6 Å². The van der Waals surface area contributed by atoms with Crippen LogP contribution in [-0.4, -0.2) is 25.2 Å². The number of hydrogen-bond acceptors (Lipinski definition) is 3. The molecular weight excluding hydrogens is 309 g/mol. The summed E-state index contributed by atoms with van der Waals surface area (Å²) in [5.41, 5.74) is 1.17. The maximum Gasteiger partial charge on any atom is 0.261 e. The molecule has 1 N–H and O–H groups in total. The van der Waals surface area contributed by atoms with Crippen molar-refractivity contribution in [2.24, 2.45) is 0 Å². The Labute approximate surface area is 141 Å². The number of hydrogen-bond donors (Lipinski definition) is 1. The number of halogens is 1. The van der Waals surface area contributed by atoms with Gasteiger partial charge in [0.25, 0.3) is 5.91 Å². The number of ether oxygens (including phenoxy) is 2. The Kier molecular flexibility index (Phi) is 6.61. The van der Waals surface area contributed by atoms with Crippen LogP contribution < -0.4 is 14.8 Å². The summed E-state index contributed by atoms with van der Waals surface area (Å²) >= 11 is 0. The van der Waals surface area contributed by atoms with Crippen LogP contribution in [0.15, 0.2) is 48.5 Å². The molecule has 4 nitrogen and oxygen atoms in total. The molecule has 24 heavy (non-hydrogen) atoms. The first kappa shape index (κ1) is 17.8. The lowest BCUT2D eigenvalue weighted by Crippen LogP contribution is -2.39. The number of nitrogens with one attached hydrogen (secondary N) is 1. The van der Waals surface area contributed by atoms with Gasteiger partial charge in [-0.2, -0.15) is 0 Å². The molecule has 0 spiro atoms. The topological polar surface area (TPSA) is 47.6 Å². The summed E-state index contributed by atoms with van der Waals surface area (Å²) < 4.78 is 24.0. The third kappa shape index (κ3) is 5.57. The molecule has 0 radical (unpaired) electrons. The molecule has 1 amide bonds. The fourth-order valence-electron chi connectivity index (χ4n) is 2.09. The van der Waals surface area contributed by atoms with E-state index < -0.39 is 6.10 Å². The predicted molar refractivity (Wildman–Crippen MR) is 90.8 cm³/mol. The third-order valence-corrected chi connectivity index (χ3v) is 3.45. The van der Waals surface area contributed by atoms with Crippen molar-refractivity contribution in [3.8, 4) is 11.5 Å². The monoisotopic (exact) mass is 331 g/mol. The molecule has 1 atom stereocenters. The van der Waals surface area contributed by atoms with Crippen molar-refractivity contribution in [2.45, 2.75) is 26.4 Å². The van der Waals surface area contributed by atoms with Crippen molar-refractivity contribution in [1.29, 1.82) is 0 Å². The van der Waals surface area contributed by atoms with E-state index in [0.717, 1.165) is 5.75 Å². The van der Waals surface area contributed by atoms with E-state index in [1.807, 2.05) is 38.1 Å². The van der Waals surface area contributed by atoms with Crippen molar-refractivity contribution in [2.75, 3.05) is 13.2 Å². The van der Waals surface area contributed by atoms with Gasteiger partial charge in [0.15, 0.2) is 6.10 Å². The molecule has 0 aliphatic rings. The lowest BCUT2D eigenvalue weighted by atomic mass is 10.2. The minimum Gasteiger partial charge on any atom is -0.492 e. The van der Waals surface area contributed by atoms with Gasteiger partial charge in [0.2, 0.25) is 0 Å². The first-order valence-corrected chi connectivity index (χ1v) is 7.98. The smallest absolute Gasteiger partial charge is 0.261 e. The Hall–Kier alpha value is -2.56. The van der Waals surface area contributed by atoms with Gasteiger partial charge in [-0.3, -0.25) is 4.79 Å². The Morgan fingerprint density at radius 2 is 1.71 bits per heavy atom. The van der Waals surface area contributed by atoms with E-state index >= 15 is 0 Å². The number of rotatable bonds is 8. The minimum absolute atomic E-state index is 0.214. The van der Waals surface area contributed by atoms with Crippen molar-refractivity contribution in [3.05, 3.63) is 59.9 Å². The highest BCUT2D eigenvalue weighted by atomic mass is 19.1. The van der Waals surface area contributed by atoms with Gasteiger partial charge in [0.1, 0.15) is 23.9 Å². The fourth-order valence-corrected chi connectivity index (χ4v) is 2.09. The van der Waals surface area contributed by atoms with Crippen molar-refractivity contribution in [1.82, 2.24) is 5.32 Å². The van der Waals surface area contributed by atoms with Crippen LogP contribution in [0.4, 0.5) is 4.39 Å². The Balaban J connectivity index is 1.75. The van der Waals surface area contributed by atoms with Gasteiger partial charge in [0.05, 0.1) is 6.54 Å². The molecular formula is C19H22FNO3. The van der Waals surface area contributed by atoms with Crippen LogP contribution >= 0.6 is 0 Å². The van der Waals surface area contributed by atoms with Gasteiger partial charge in [-0.05, 0) is 49.7 Å². The van der Waals surface area contributed by atoms with E-state index in [4.69, 9.17) is 9.47 Å². The Morgan fingerprint density at radius 3 is 2.33 bits per heavy atom. The van der Waals surface area contributed by atoms with E-state index in [2.05, 4.69) is 5.32 Å². The van der Waals surface area contributed by atoms with Gasteiger partial charge >= 0.3 is 0 Å². The second kappa shape index (κ2) is 8.91. The van der Waals surface area contributed by atoms with Crippen molar-refractivity contribution in [3.63, 3.8) is 0 Å². The molecule has 0 saturated heterocycles. The van der Waals surface area contributed by atoms with Crippen LogP contribution in [0.3, 0.4) is 0 Å². The zero-order valence-corrected chi connectivity index (χ0v) is 13.9. The molecule has 0 heterocycles. The fraction of sp³-hybridized carbons (Fsp3) is 0.316. The molecule has 2 aromatic rings. The standard InChI is InChI=1S/C19H22FNO3/c1-3-18(24-17-10-6-15(20)7-11-17)19(22)21-12-13-23-16-8-4-14(2)5-9-16/h4-11,18H,3,12-13H2,1-2H3,(H,21,22)/t18-/m0/s1. The molecule has 0 unspecified atom stereocenters. The Morgan fingerprint density at radius 1 is 1.08 bits per heavy atom. The van der Waals surface area contributed by atoms with Crippen LogP contribution in [0, 0.1) is 12.7 Å². The molecule has 0 fully saturated rings. The molecule has 0 aromatic heterocycles. The molecule has 2 rings (SSSR count). The first-order chi connectivity index (χ1) is 11.6. The highest BCUT2D eigenvalue weighted by molar-refractivity contribution is 5.81. The average molecular weight is 331 g/mol. The van der Waals surface area contributed by atoms with Crippen LogP contribution in [-0.2, 0) is 4.79 Å². The highest BCUT2D eigenvalue weighted by Gasteiger charge is 2.17. The summed E-state index contributed by atoms with van der Waals surface area (Å²) in [6.07, 6.45) is -0.1000.